The molecule has 1 amide bonds. The molecule has 6 nitrogen and oxygen atoms in total. The number of ether oxygens (including phenoxy) is 2. The molecule has 7 heteroatoms. The summed E-state index contributed by atoms with van der Waals surface area (Å²) in [5.74, 6) is 0.0343. The van der Waals surface area contributed by atoms with E-state index < -0.39 is 11.9 Å². The van der Waals surface area contributed by atoms with Crippen molar-refractivity contribution in [2.24, 2.45) is 5.10 Å². The van der Waals surface area contributed by atoms with Crippen LogP contribution >= 0.6 is 15.9 Å². The lowest BCUT2D eigenvalue weighted by Gasteiger charge is -2.09. The first-order valence-corrected chi connectivity index (χ1v) is 10.3. The lowest BCUT2D eigenvalue weighted by molar-refractivity contribution is -0.123. The lowest BCUT2D eigenvalue weighted by Crippen LogP contribution is -2.24. The van der Waals surface area contributed by atoms with Crippen LogP contribution in [0.5, 0.6) is 11.5 Å². The minimum absolute atomic E-state index is 0.173. The normalized spacial score (nSPS) is 10.7. The molecule has 0 aliphatic heterocycles. The summed E-state index contributed by atoms with van der Waals surface area (Å²) >= 11 is 3.38. The molecule has 0 unspecified atom stereocenters. The Morgan fingerprint density at radius 2 is 1.77 bits per heavy atom. The van der Waals surface area contributed by atoms with E-state index in [1.165, 1.54) is 6.21 Å². The number of benzene rings is 3. The van der Waals surface area contributed by atoms with Gasteiger partial charge in [-0.15, -0.1) is 0 Å². The van der Waals surface area contributed by atoms with Gasteiger partial charge in [0.25, 0.3) is 5.91 Å². The molecule has 0 bridgehead atoms. The van der Waals surface area contributed by atoms with Gasteiger partial charge in [0.1, 0.15) is 11.5 Å². The number of hydrogen-bond acceptors (Lipinski definition) is 5. The van der Waals surface area contributed by atoms with Crippen molar-refractivity contribution in [1.82, 2.24) is 5.43 Å². The van der Waals surface area contributed by atoms with Crippen molar-refractivity contribution >= 4 is 34.0 Å². The number of aryl methyl sites for hydroxylation is 2. The van der Waals surface area contributed by atoms with Crippen LogP contribution in [-0.4, -0.2) is 24.7 Å². The molecule has 0 aliphatic carbocycles. The quantitative estimate of drug-likeness (QED) is 0.227. The van der Waals surface area contributed by atoms with Crippen molar-refractivity contribution in [1.29, 1.82) is 0 Å². The molecule has 3 aromatic rings. The van der Waals surface area contributed by atoms with Crippen molar-refractivity contribution < 1.29 is 19.1 Å². The third-order valence-corrected chi connectivity index (χ3v) is 4.71. The first kappa shape index (κ1) is 22.2. The topological polar surface area (TPSA) is 77.0 Å². The van der Waals surface area contributed by atoms with Gasteiger partial charge in [-0.2, -0.15) is 5.10 Å². The molecule has 0 aliphatic rings. The number of hydrazone groups is 1. The van der Waals surface area contributed by atoms with E-state index in [9.17, 15) is 9.59 Å². The number of carbonyl (C=O) groups excluding carboxylic acids is 2. The van der Waals surface area contributed by atoms with Crippen LogP contribution < -0.4 is 14.9 Å². The van der Waals surface area contributed by atoms with E-state index in [0.717, 1.165) is 15.6 Å². The van der Waals surface area contributed by atoms with Gasteiger partial charge < -0.3 is 9.47 Å². The standard InChI is InChI=1S/C24H21BrN2O4/c1-16-6-9-21(10-7-16)30-15-23(28)27-26-14-19-13-20(25)8-11-22(19)31-24(29)18-5-3-4-17(2)12-18/h3-14H,15H2,1-2H3,(H,27,28)/b26-14-. The van der Waals surface area contributed by atoms with Gasteiger partial charge in [-0.3, -0.25) is 4.79 Å². The summed E-state index contributed by atoms with van der Waals surface area (Å²) in [6, 6.07) is 19.7. The van der Waals surface area contributed by atoms with Gasteiger partial charge in [-0.1, -0.05) is 51.3 Å². The van der Waals surface area contributed by atoms with Crippen molar-refractivity contribution in [2.45, 2.75) is 13.8 Å². The summed E-state index contributed by atoms with van der Waals surface area (Å²) in [5, 5.41) is 3.95. The number of nitrogens with one attached hydrogen (secondary N) is 1. The van der Waals surface area contributed by atoms with Gasteiger partial charge in [0.15, 0.2) is 6.61 Å². The molecule has 0 spiro atoms. The van der Waals surface area contributed by atoms with Crippen molar-refractivity contribution in [2.75, 3.05) is 6.61 Å². The second kappa shape index (κ2) is 10.5. The van der Waals surface area contributed by atoms with Crippen LogP contribution in [0, 0.1) is 13.8 Å². The fourth-order valence-electron chi connectivity index (χ4n) is 2.63. The Kier molecular flexibility index (Phi) is 7.56. The third-order valence-electron chi connectivity index (χ3n) is 4.21. The van der Waals surface area contributed by atoms with Crippen LogP contribution in [0.15, 0.2) is 76.3 Å². The molecule has 0 heterocycles. The fraction of sp³-hybridized carbons (Fsp3) is 0.125. The Bertz CT molecular complexity index is 1110. The van der Waals surface area contributed by atoms with Gasteiger partial charge in [-0.05, 0) is 56.3 Å². The average molecular weight is 481 g/mol. The van der Waals surface area contributed by atoms with Gasteiger partial charge in [-0.25, -0.2) is 10.2 Å². The van der Waals surface area contributed by atoms with Crippen molar-refractivity contribution in [3.8, 4) is 11.5 Å². The first-order chi connectivity index (χ1) is 14.9. The molecule has 1 N–H and O–H groups in total. The van der Waals surface area contributed by atoms with Crippen LogP contribution in [0.25, 0.3) is 0 Å². The minimum Gasteiger partial charge on any atom is -0.484 e. The number of hydrogen-bond donors (Lipinski definition) is 1. The van der Waals surface area contributed by atoms with Crippen LogP contribution in [-0.2, 0) is 4.79 Å². The molecule has 3 rings (SSSR count). The highest BCUT2D eigenvalue weighted by Gasteiger charge is 2.12. The summed E-state index contributed by atoms with van der Waals surface area (Å²) in [6.07, 6.45) is 1.41. The third kappa shape index (κ3) is 6.79. The van der Waals surface area contributed by atoms with Crippen LogP contribution in [0.4, 0.5) is 0 Å². The Morgan fingerprint density at radius 3 is 2.52 bits per heavy atom. The van der Waals surface area contributed by atoms with Gasteiger partial charge in [0.05, 0.1) is 11.8 Å². The molecule has 0 saturated carbocycles. The van der Waals surface area contributed by atoms with Gasteiger partial charge in [0, 0.05) is 10.0 Å². The maximum absolute atomic E-state index is 12.5. The molecule has 0 radical (unpaired) electrons. The van der Waals surface area contributed by atoms with Crippen LogP contribution in [0.3, 0.4) is 0 Å². The largest absolute Gasteiger partial charge is 0.484 e. The number of esters is 1. The van der Waals surface area contributed by atoms with E-state index in [0.29, 0.717) is 22.6 Å². The van der Waals surface area contributed by atoms with Crippen LogP contribution in [0.1, 0.15) is 27.0 Å². The predicted octanol–water partition coefficient (Wildman–Crippen LogP) is 4.81. The van der Waals surface area contributed by atoms with E-state index in [1.807, 2.05) is 32.0 Å². The molecule has 158 valence electrons. The summed E-state index contributed by atoms with van der Waals surface area (Å²) in [5.41, 5.74) is 5.44. The maximum Gasteiger partial charge on any atom is 0.343 e. The highest BCUT2D eigenvalue weighted by atomic mass is 79.9. The van der Waals surface area contributed by atoms with E-state index in [1.54, 1.807) is 48.5 Å². The SMILES string of the molecule is Cc1ccc(OCC(=O)N/N=C\c2cc(Br)ccc2OC(=O)c2cccc(C)c2)cc1. The zero-order valence-corrected chi connectivity index (χ0v) is 18.7. The maximum atomic E-state index is 12.5. The number of rotatable bonds is 7. The molecule has 31 heavy (non-hydrogen) atoms. The monoisotopic (exact) mass is 480 g/mol. The predicted molar refractivity (Wildman–Crippen MR) is 123 cm³/mol. The molecular weight excluding hydrogens is 460 g/mol. The van der Waals surface area contributed by atoms with Gasteiger partial charge in [0.2, 0.25) is 0 Å². The molecular formula is C24H21BrN2O4. The van der Waals surface area contributed by atoms with Crippen LogP contribution in [0.2, 0.25) is 0 Å². The highest BCUT2D eigenvalue weighted by Crippen LogP contribution is 2.23. The average Bonchev–Trinajstić information content (AvgIpc) is 2.75. The molecule has 0 aromatic heterocycles. The molecule has 0 saturated heterocycles. The van der Waals surface area contributed by atoms with E-state index >= 15 is 0 Å². The van der Waals surface area contributed by atoms with E-state index in [-0.39, 0.29) is 6.61 Å². The second-order valence-electron chi connectivity index (χ2n) is 6.84. The number of nitrogens with zero attached hydrogens (tertiary/aromatic N) is 1. The Labute approximate surface area is 189 Å². The summed E-state index contributed by atoms with van der Waals surface area (Å²) in [4.78, 5) is 24.4. The first-order valence-electron chi connectivity index (χ1n) is 9.50. The second-order valence-corrected chi connectivity index (χ2v) is 7.75. The zero-order valence-electron chi connectivity index (χ0n) is 17.1. The zero-order chi connectivity index (χ0) is 22.2. The highest BCUT2D eigenvalue weighted by molar-refractivity contribution is 9.10. The summed E-state index contributed by atoms with van der Waals surface area (Å²) in [6.45, 7) is 3.70. The Morgan fingerprint density at radius 1 is 1.00 bits per heavy atom. The lowest BCUT2D eigenvalue weighted by atomic mass is 10.1. The molecule has 0 fully saturated rings. The Balaban J connectivity index is 1.61. The minimum atomic E-state index is -0.476. The van der Waals surface area contributed by atoms with E-state index in [2.05, 4.69) is 26.5 Å². The summed E-state index contributed by atoms with van der Waals surface area (Å²) < 4.78 is 11.7. The van der Waals surface area contributed by atoms with Crippen molar-refractivity contribution in [3.05, 3.63) is 93.5 Å². The van der Waals surface area contributed by atoms with Gasteiger partial charge >= 0.3 is 5.97 Å². The smallest absolute Gasteiger partial charge is 0.343 e. The van der Waals surface area contributed by atoms with Crippen molar-refractivity contribution in [3.63, 3.8) is 0 Å². The summed E-state index contributed by atoms with van der Waals surface area (Å²) in [7, 11) is 0. The number of halogens is 1. The molecule has 3 aromatic carbocycles. The number of amides is 1. The fourth-order valence-corrected chi connectivity index (χ4v) is 3.01. The van der Waals surface area contributed by atoms with E-state index in [4.69, 9.17) is 9.47 Å². The number of carbonyl (C=O) groups is 2. The Hall–Kier alpha value is -3.45. The molecule has 0 atom stereocenters.